The molecule has 0 aromatic heterocycles. The standard InChI is InChI=1S/C21H27N3O6S2/c22-14-21(6-7-21)23-19(25)17-12-16(32(29,30)15-4-2-1-3-5-15)13-18(17)20(26)24-8-10-31(27,28)11-9-24/h2,4-5,16-18H,1,3,6-13H2,(H,23,25)/t16-,17-,18-/m1/s1. The van der Waals surface area contributed by atoms with E-state index in [-0.39, 0.29) is 48.2 Å². The molecule has 4 rings (SSSR count). The Kier molecular flexibility index (Phi) is 5.96. The monoisotopic (exact) mass is 481 g/mol. The zero-order valence-corrected chi connectivity index (χ0v) is 19.3. The highest BCUT2D eigenvalue weighted by Crippen LogP contribution is 2.42. The van der Waals surface area contributed by atoms with E-state index in [9.17, 15) is 31.7 Å². The number of nitrogens with zero attached hydrogens (tertiary/aromatic N) is 2. The van der Waals surface area contributed by atoms with Crippen molar-refractivity contribution in [3.8, 4) is 6.07 Å². The largest absolute Gasteiger partial charge is 0.340 e. The van der Waals surface area contributed by atoms with Gasteiger partial charge < -0.3 is 10.2 Å². The average Bonchev–Trinajstić information content (AvgIpc) is 3.39. The van der Waals surface area contributed by atoms with E-state index in [0.29, 0.717) is 19.3 Å². The molecule has 0 bridgehead atoms. The van der Waals surface area contributed by atoms with E-state index in [1.165, 1.54) is 4.90 Å². The van der Waals surface area contributed by atoms with Gasteiger partial charge in [0.05, 0.1) is 39.6 Å². The molecule has 3 fully saturated rings. The normalized spacial score (nSPS) is 30.8. The fraction of sp³-hybridized carbons (Fsp3) is 0.667. The van der Waals surface area contributed by atoms with E-state index in [1.807, 2.05) is 0 Å². The highest BCUT2D eigenvalue weighted by Gasteiger charge is 2.52. The maximum atomic E-state index is 13.3. The first-order chi connectivity index (χ1) is 15.1. The Morgan fingerprint density at radius 1 is 1.12 bits per heavy atom. The minimum atomic E-state index is -3.71. The van der Waals surface area contributed by atoms with Gasteiger partial charge in [-0.2, -0.15) is 5.26 Å². The van der Waals surface area contributed by atoms with Gasteiger partial charge in [0.15, 0.2) is 19.7 Å². The Hall–Kier alpha value is -2.19. The molecule has 0 aromatic rings. The van der Waals surface area contributed by atoms with Crippen molar-refractivity contribution in [1.29, 1.82) is 5.26 Å². The molecule has 4 aliphatic rings. The predicted molar refractivity (Wildman–Crippen MR) is 116 cm³/mol. The molecule has 1 N–H and O–H groups in total. The van der Waals surface area contributed by atoms with Crippen LogP contribution in [0, 0.1) is 23.2 Å². The summed E-state index contributed by atoms with van der Waals surface area (Å²) in [5.41, 5.74) is -0.921. The first-order valence-electron chi connectivity index (χ1n) is 10.9. The van der Waals surface area contributed by atoms with Crippen LogP contribution >= 0.6 is 0 Å². The first kappa shape index (κ1) is 23.0. The Balaban J connectivity index is 1.57. The lowest BCUT2D eigenvalue weighted by Crippen LogP contribution is -2.49. The Labute approximate surface area is 188 Å². The minimum Gasteiger partial charge on any atom is -0.340 e. The van der Waals surface area contributed by atoms with Crippen molar-refractivity contribution in [1.82, 2.24) is 10.2 Å². The summed E-state index contributed by atoms with van der Waals surface area (Å²) in [4.78, 5) is 28.0. The van der Waals surface area contributed by atoms with Crippen molar-refractivity contribution in [3.05, 3.63) is 23.1 Å². The van der Waals surface area contributed by atoms with Crippen molar-refractivity contribution in [2.45, 2.75) is 49.3 Å². The summed E-state index contributed by atoms with van der Waals surface area (Å²) in [5.74, 6) is -2.87. The summed E-state index contributed by atoms with van der Waals surface area (Å²) in [7, 11) is -6.91. The van der Waals surface area contributed by atoms with Gasteiger partial charge in [0, 0.05) is 13.1 Å². The number of amides is 2. The molecule has 0 unspecified atom stereocenters. The molecule has 3 atom stereocenters. The molecule has 3 aliphatic carbocycles. The molecule has 2 saturated carbocycles. The number of sulfone groups is 2. The summed E-state index contributed by atoms with van der Waals surface area (Å²) in [5, 5.41) is 11.2. The van der Waals surface area contributed by atoms with Gasteiger partial charge >= 0.3 is 0 Å². The molecule has 174 valence electrons. The van der Waals surface area contributed by atoms with Crippen LogP contribution in [0.4, 0.5) is 0 Å². The summed E-state index contributed by atoms with van der Waals surface area (Å²) in [6, 6.07) is 2.09. The van der Waals surface area contributed by atoms with Crippen molar-refractivity contribution < 1.29 is 26.4 Å². The maximum absolute atomic E-state index is 13.3. The molecule has 9 nitrogen and oxygen atoms in total. The Bertz CT molecular complexity index is 1110. The van der Waals surface area contributed by atoms with E-state index in [4.69, 9.17) is 0 Å². The van der Waals surface area contributed by atoms with Gasteiger partial charge in [0.2, 0.25) is 11.8 Å². The summed E-state index contributed by atoms with van der Waals surface area (Å²) < 4.78 is 49.9. The lowest BCUT2D eigenvalue weighted by Gasteiger charge is -2.31. The second-order valence-corrected chi connectivity index (χ2v) is 13.6. The number of allylic oxidation sites excluding steroid dienone is 3. The molecule has 0 aromatic carbocycles. The van der Waals surface area contributed by atoms with Crippen LogP contribution < -0.4 is 5.32 Å². The van der Waals surface area contributed by atoms with E-state index in [0.717, 1.165) is 6.42 Å². The van der Waals surface area contributed by atoms with Crippen LogP contribution in [0.2, 0.25) is 0 Å². The zero-order valence-electron chi connectivity index (χ0n) is 17.7. The minimum absolute atomic E-state index is 0.00337. The van der Waals surface area contributed by atoms with Crippen molar-refractivity contribution >= 4 is 31.5 Å². The second kappa shape index (κ2) is 8.30. The third-order valence-corrected chi connectivity index (χ3v) is 10.7. The molecule has 11 heteroatoms. The average molecular weight is 482 g/mol. The second-order valence-electron chi connectivity index (χ2n) is 9.10. The van der Waals surface area contributed by atoms with E-state index in [1.54, 1.807) is 18.2 Å². The summed E-state index contributed by atoms with van der Waals surface area (Å²) >= 11 is 0. The topological polar surface area (TPSA) is 141 Å². The molecule has 1 aliphatic heterocycles. The molecule has 1 saturated heterocycles. The van der Waals surface area contributed by atoms with Crippen LogP contribution in [0.1, 0.15) is 38.5 Å². The molecular formula is C21H27N3O6S2. The smallest absolute Gasteiger partial charge is 0.226 e. The number of nitriles is 1. The predicted octanol–water partition coefficient (Wildman–Crippen LogP) is 0.459. The lowest BCUT2D eigenvalue weighted by atomic mass is 9.93. The fourth-order valence-electron chi connectivity index (χ4n) is 4.69. The van der Waals surface area contributed by atoms with E-state index in [2.05, 4.69) is 11.4 Å². The third-order valence-electron chi connectivity index (χ3n) is 6.88. The van der Waals surface area contributed by atoms with E-state index >= 15 is 0 Å². The van der Waals surface area contributed by atoms with Gasteiger partial charge in [-0.25, -0.2) is 16.8 Å². The zero-order chi connectivity index (χ0) is 23.1. The summed E-state index contributed by atoms with van der Waals surface area (Å²) in [6.07, 6.45) is 7.51. The van der Waals surface area contributed by atoms with Gasteiger partial charge in [0.25, 0.3) is 0 Å². The quantitative estimate of drug-likeness (QED) is 0.601. The van der Waals surface area contributed by atoms with Crippen LogP contribution in [-0.4, -0.2) is 68.9 Å². The van der Waals surface area contributed by atoms with Gasteiger partial charge in [-0.05, 0) is 44.6 Å². The van der Waals surface area contributed by atoms with Crippen molar-refractivity contribution in [2.24, 2.45) is 11.8 Å². The highest BCUT2D eigenvalue weighted by molar-refractivity contribution is 7.96. The van der Waals surface area contributed by atoms with E-state index < -0.39 is 48.2 Å². The first-order valence-corrected chi connectivity index (χ1v) is 14.3. The molecular weight excluding hydrogens is 454 g/mol. The molecule has 2 amide bonds. The van der Waals surface area contributed by atoms with Gasteiger partial charge in [-0.3, -0.25) is 9.59 Å². The van der Waals surface area contributed by atoms with Crippen LogP contribution in [-0.2, 0) is 29.3 Å². The number of hydrogen-bond acceptors (Lipinski definition) is 7. The molecule has 0 spiro atoms. The van der Waals surface area contributed by atoms with Gasteiger partial charge in [-0.15, -0.1) is 0 Å². The Morgan fingerprint density at radius 2 is 1.78 bits per heavy atom. The molecule has 32 heavy (non-hydrogen) atoms. The number of rotatable bonds is 5. The molecule has 0 radical (unpaired) electrons. The van der Waals surface area contributed by atoms with Crippen LogP contribution in [0.25, 0.3) is 0 Å². The van der Waals surface area contributed by atoms with Crippen LogP contribution in [0.3, 0.4) is 0 Å². The molecule has 1 heterocycles. The third kappa shape index (κ3) is 4.48. The summed E-state index contributed by atoms with van der Waals surface area (Å²) in [6.45, 7) is 0.0822. The van der Waals surface area contributed by atoms with Crippen molar-refractivity contribution in [2.75, 3.05) is 24.6 Å². The van der Waals surface area contributed by atoms with Gasteiger partial charge in [-0.1, -0.05) is 12.2 Å². The Morgan fingerprint density at radius 3 is 2.34 bits per heavy atom. The highest BCUT2D eigenvalue weighted by atomic mass is 32.2. The maximum Gasteiger partial charge on any atom is 0.226 e. The van der Waals surface area contributed by atoms with Crippen LogP contribution in [0.5, 0.6) is 0 Å². The van der Waals surface area contributed by atoms with Crippen molar-refractivity contribution in [3.63, 3.8) is 0 Å². The number of carbonyl (C=O) groups excluding carboxylic acids is 2. The SMILES string of the molecule is N#CC1(NC(=O)[C@@H]2C[C@@H](S(=O)(=O)C3=CCCC=C3)C[C@H]2C(=O)N2CCS(=O)(=O)CC2)CC1. The lowest BCUT2D eigenvalue weighted by molar-refractivity contribution is -0.140. The number of nitrogens with one attached hydrogen (secondary N) is 1. The number of carbonyl (C=O) groups is 2. The van der Waals surface area contributed by atoms with Crippen LogP contribution in [0.15, 0.2) is 23.1 Å². The number of hydrogen-bond donors (Lipinski definition) is 1. The fourth-order valence-corrected chi connectivity index (χ4v) is 7.83. The van der Waals surface area contributed by atoms with Gasteiger partial charge in [0.1, 0.15) is 5.54 Å².